The SMILES string of the molecule is Fc1ccc(-c2nccc3[nH]c(-c4n[nH]c5ccc(-c6cccnc6)nc45)nc23)cc1. The number of aromatic nitrogens is 7. The molecule has 0 unspecified atom stereocenters. The van der Waals surface area contributed by atoms with Crippen LogP contribution in [0.25, 0.3) is 56.1 Å². The molecule has 0 spiro atoms. The van der Waals surface area contributed by atoms with Crippen LogP contribution in [-0.4, -0.2) is 35.1 Å². The van der Waals surface area contributed by atoms with E-state index in [0.717, 1.165) is 27.9 Å². The number of nitrogens with zero attached hydrogens (tertiary/aromatic N) is 5. The first-order chi connectivity index (χ1) is 15.3. The summed E-state index contributed by atoms with van der Waals surface area (Å²) in [6.07, 6.45) is 5.20. The minimum absolute atomic E-state index is 0.294. The molecule has 0 radical (unpaired) electrons. The third-order valence-corrected chi connectivity index (χ3v) is 5.11. The first-order valence-electron chi connectivity index (χ1n) is 9.63. The number of imidazole rings is 1. The number of benzene rings is 1. The van der Waals surface area contributed by atoms with Crippen LogP contribution in [0, 0.1) is 5.82 Å². The average molecular weight is 407 g/mol. The largest absolute Gasteiger partial charge is 0.336 e. The van der Waals surface area contributed by atoms with Crippen LogP contribution in [0.1, 0.15) is 0 Å². The summed E-state index contributed by atoms with van der Waals surface area (Å²) >= 11 is 0. The van der Waals surface area contributed by atoms with Crippen molar-refractivity contribution in [2.45, 2.75) is 0 Å². The minimum atomic E-state index is -0.294. The zero-order valence-corrected chi connectivity index (χ0v) is 16.0. The zero-order valence-electron chi connectivity index (χ0n) is 16.0. The van der Waals surface area contributed by atoms with Gasteiger partial charge in [0.1, 0.15) is 16.9 Å². The molecule has 0 fully saturated rings. The van der Waals surface area contributed by atoms with E-state index in [1.165, 1.54) is 12.1 Å². The van der Waals surface area contributed by atoms with Crippen LogP contribution in [-0.2, 0) is 0 Å². The van der Waals surface area contributed by atoms with Crippen LogP contribution in [0.5, 0.6) is 0 Å². The lowest BCUT2D eigenvalue weighted by atomic mass is 10.1. The molecule has 5 aromatic heterocycles. The quantitative estimate of drug-likeness (QED) is 0.441. The van der Waals surface area contributed by atoms with Gasteiger partial charge < -0.3 is 4.98 Å². The van der Waals surface area contributed by atoms with Gasteiger partial charge in [0.15, 0.2) is 11.5 Å². The first-order valence-corrected chi connectivity index (χ1v) is 9.63. The third kappa shape index (κ3) is 2.93. The van der Waals surface area contributed by atoms with Crippen molar-refractivity contribution in [2.75, 3.05) is 0 Å². The first kappa shape index (κ1) is 17.4. The molecular weight excluding hydrogens is 393 g/mol. The van der Waals surface area contributed by atoms with E-state index in [2.05, 4.69) is 25.1 Å². The normalized spacial score (nSPS) is 11.4. The van der Waals surface area contributed by atoms with Crippen molar-refractivity contribution in [3.05, 3.63) is 79.0 Å². The summed E-state index contributed by atoms with van der Waals surface area (Å²) in [6.45, 7) is 0. The third-order valence-electron chi connectivity index (χ3n) is 5.11. The minimum Gasteiger partial charge on any atom is -0.336 e. The summed E-state index contributed by atoms with van der Waals surface area (Å²) in [6, 6.07) is 15.8. The van der Waals surface area contributed by atoms with Gasteiger partial charge in [0.25, 0.3) is 0 Å². The van der Waals surface area contributed by atoms with Gasteiger partial charge in [-0.1, -0.05) is 0 Å². The number of rotatable bonds is 3. The summed E-state index contributed by atoms with van der Waals surface area (Å²) in [4.78, 5) is 21.5. The molecule has 0 aliphatic rings. The number of nitrogens with one attached hydrogen (secondary N) is 2. The topological polar surface area (TPSA) is 96.0 Å². The Labute approximate surface area is 175 Å². The Morgan fingerprint density at radius 2 is 1.61 bits per heavy atom. The fraction of sp³-hybridized carbons (Fsp3) is 0. The van der Waals surface area contributed by atoms with Crippen molar-refractivity contribution < 1.29 is 4.39 Å². The molecule has 0 atom stereocenters. The van der Waals surface area contributed by atoms with Crippen molar-refractivity contribution >= 4 is 22.1 Å². The van der Waals surface area contributed by atoms with E-state index in [1.807, 2.05) is 30.3 Å². The van der Waals surface area contributed by atoms with Gasteiger partial charge in [-0.3, -0.25) is 15.1 Å². The molecule has 8 heteroatoms. The van der Waals surface area contributed by atoms with Crippen LogP contribution in [0.4, 0.5) is 4.39 Å². The number of hydrogen-bond acceptors (Lipinski definition) is 5. The van der Waals surface area contributed by atoms with Gasteiger partial charge in [0, 0.05) is 29.7 Å². The second-order valence-corrected chi connectivity index (χ2v) is 7.05. The summed E-state index contributed by atoms with van der Waals surface area (Å²) in [5.41, 5.74) is 6.79. The van der Waals surface area contributed by atoms with E-state index in [0.29, 0.717) is 28.2 Å². The van der Waals surface area contributed by atoms with Crippen LogP contribution in [0.3, 0.4) is 0 Å². The van der Waals surface area contributed by atoms with Gasteiger partial charge in [0.2, 0.25) is 0 Å². The van der Waals surface area contributed by atoms with E-state index in [1.54, 1.807) is 30.7 Å². The van der Waals surface area contributed by atoms with Crippen LogP contribution >= 0.6 is 0 Å². The summed E-state index contributed by atoms with van der Waals surface area (Å²) < 4.78 is 13.3. The number of pyridine rings is 3. The molecule has 0 aliphatic carbocycles. The average Bonchev–Trinajstić information content (AvgIpc) is 3.43. The molecule has 0 saturated carbocycles. The van der Waals surface area contributed by atoms with Crippen LogP contribution in [0.15, 0.2) is 73.2 Å². The highest BCUT2D eigenvalue weighted by atomic mass is 19.1. The lowest BCUT2D eigenvalue weighted by Gasteiger charge is -2.01. The molecular formula is C23H14FN7. The Bertz CT molecular complexity index is 1540. The van der Waals surface area contributed by atoms with E-state index >= 15 is 0 Å². The fourth-order valence-electron chi connectivity index (χ4n) is 3.61. The van der Waals surface area contributed by atoms with E-state index in [9.17, 15) is 4.39 Å². The lowest BCUT2D eigenvalue weighted by molar-refractivity contribution is 0.628. The van der Waals surface area contributed by atoms with Gasteiger partial charge in [0.05, 0.1) is 22.4 Å². The molecule has 148 valence electrons. The molecule has 6 rings (SSSR count). The number of halogens is 1. The molecule has 7 nitrogen and oxygen atoms in total. The molecule has 6 aromatic rings. The molecule has 5 heterocycles. The second-order valence-electron chi connectivity index (χ2n) is 7.05. The smallest absolute Gasteiger partial charge is 0.161 e. The van der Waals surface area contributed by atoms with E-state index < -0.39 is 0 Å². The van der Waals surface area contributed by atoms with Gasteiger partial charge in [-0.05, 0) is 54.6 Å². The van der Waals surface area contributed by atoms with Crippen molar-refractivity contribution in [3.63, 3.8) is 0 Å². The number of fused-ring (bicyclic) bond motifs is 2. The Morgan fingerprint density at radius 1 is 0.742 bits per heavy atom. The summed E-state index contributed by atoms with van der Waals surface area (Å²) in [5.74, 6) is 0.283. The second kappa shape index (κ2) is 6.81. The standard InChI is InChI=1S/C23H14FN7/c24-15-5-3-13(4-6-15)19-20-17(9-11-26-19)28-23(29-20)22-21-18(30-31-22)8-7-16(27-21)14-2-1-10-25-12-14/h1-12H,(H,28,29)(H,30,31). The molecule has 0 aliphatic heterocycles. The molecule has 2 N–H and O–H groups in total. The van der Waals surface area contributed by atoms with Crippen molar-refractivity contribution in [1.29, 1.82) is 0 Å². The predicted octanol–water partition coefficient (Wildman–Crippen LogP) is 4.76. The Hall–Kier alpha value is -4.46. The van der Waals surface area contributed by atoms with E-state index in [4.69, 9.17) is 9.97 Å². The monoisotopic (exact) mass is 407 g/mol. The van der Waals surface area contributed by atoms with Crippen molar-refractivity contribution in [3.8, 4) is 34.0 Å². The van der Waals surface area contributed by atoms with Gasteiger partial charge >= 0.3 is 0 Å². The van der Waals surface area contributed by atoms with Crippen molar-refractivity contribution in [1.82, 2.24) is 35.1 Å². The molecule has 0 bridgehead atoms. The van der Waals surface area contributed by atoms with Crippen molar-refractivity contribution in [2.24, 2.45) is 0 Å². The van der Waals surface area contributed by atoms with Gasteiger partial charge in [-0.15, -0.1) is 0 Å². The highest BCUT2D eigenvalue weighted by Gasteiger charge is 2.17. The predicted molar refractivity (Wildman–Crippen MR) is 115 cm³/mol. The van der Waals surface area contributed by atoms with Crippen LogP contribution < -0.4 is 0 Å². The molecule has 0 amide bonds. The fourth-order valence-corrected chi connectivity index (χ4v) is 3.61. The van der Waals surface area contributed by atoms with Gasteiger partial charge in [-0.2, -0.15) is 5.10 Å². The summed E-state index contributed by atoms with van der Waals surface area (Å²) in [5, 5.41) is 7.46. The highest BCUT2D eigenvalue weighted by molar-refractivity contribution is 5.95. The lowest BCUT2D eigenvalue weighted by Crippen LogP contribution is -1.87. The number of H-pyrrole nitrogens is 2. The van der Waals surface area contributed by atoms with E-state index in [-0.39, 0.29) is 5.82 Å². The highest BCUT2D eigenvalue weighted by Crippen LogP contribution is 2.30. The Kier molecular flexibility index (Phi) is 3.82. The molecule has 31 heavy (non-hydrogen) atoms. The van der Waals surface area contributed by atoms with Gasteiger partial charge in [-0.25, -0.2) is 14.4 Å². The maximum absolute atomic E-state index is 13.3. The van der Waals surface area contributed by atoms with Crippen LogP contribution in [0.2, 0.25) is 0 Å². The maximum atomic E-state index is 13.3. The maximum Gasteiger partial charge on any atom is 0.161 e. The Morgan fingerprint density at radius 3 is 2.45 bits per heavy atom. The Balaban J connectivity index is 1.51. The number of aromatic amines is 2. The summed E-state index contributed by atoms with van der Waals surface area (Å²) in [7, 11) is 0. The molecule has 1 aromatic carbocycles. The number of hydrogen-bond donors (Lipinski definition) is 2. The zero-order chi connectivity index (χ0) is 20.8. The molecule has 0 saturated heterocycles.